The molecular weight excluding hydrogens is 586 g/mol. The van der Waals surface area contributed by atoms with Gasteiger partial charge in [0.05, 0.1) is 11.5 Å². The first-order valence-electron chi connectivity index (χ1n) is 15.8. The van der Waals surface area contributed by atoms with Gasteiger partial charge in [-0.2, -0.15) is 0 Å². The first kappa shape index (κ1) is 32.4. The molecule has 0 spiro atoms. The van der Waals surface area contributed by atoms with Gasteiger partial charge in [-0.3, -0.25) is 14.4 Å². The molecule has 44 heavy (non-hydrogen) atoms. The highest BCUT2D eigenvalue weighted by atomic mass is 35.5. The number of alkyl halides is 2. The Morgan fingerprint density at radius 2 is 1.59 bits per heavy atom. The van der Waals surface area contributed by atoms with E-state index in [1.54, 1.807) is 17.0 Å². The predicted octanol–water partition coefficient (Wildman–Crippen LogP) is 5.04. The van der Waals surface area contributed by atoms with Crippen LogP contribution in [0.2, 0.25) is 5.02 Å². The maximum atomic E-state index is 14.1. The van der Waals surface area contributed by atoms with Gasteiger partial charge in [0.1, 0.15) is 6.04 Å². The third kappa shape index (κ3) is 7.42. The molecule has 2 atom stereocenters. The molecule has 2 fully saturated rings. The molecule has 0 radical (unpaired) electrons. The molecule has 0 aromatic heterocycles. The Kier molecular flexibility index (Phi) is 9.95. The smallest absolute Gasteiger partial charge is 0.248 e. The molecule has 7 nitrogen and oxygen atoms in total. The van der Waals surface area contributed by atoms with Crippen molar-refractivity contribution in [3.05, 3.63) is 70.2 Å². The van der Waals surface area contributed by atoms with Gasteiger partial charge in [0.2, 0.25) is 23.6 Å². The van der Waals surface area contributed by atoms with Gasteiger partial charge in [0.15, 0.2) is 0 Å². The number of carbonyl (C=O) groups is 3. The lowest BCUT2D eigenvalue weighted by molar-refractivity contribution is -0.149. The highest BCUT2D eigenvalue weighted by Crippen LogP contribution is 2.49. The summed E-state index contributed by atoms with van der Waals surface area (Å²) in [6.45, 7) is 4.99. The van der Waals surface area contributed by atoms with E-state index in [2.05, 4.69) is 16.0 Å². The SMILES string of the molecule is CC(C)NC(=O)C1(C2CCC(F)(F)CC2)CCN(C(=O)[C@@H](Cc2ccc(Cl)cc2)NC(=O)C2Cc3ccccc3CN2)CC1. The summed E-state index contributed by atoms with van der Waals surface area (Å²) in [5, 5.41) is 9.95. The Balaban J connectivity index is 1.31. The average molecular weight is 629 g/mol. The first-order valence-corrected chi connectivity index (χ1v) is 16.2. The van der Waals surface area contributed by atoms with Crippen LogP contribution in [-0.4, -0.2) is 59.8 Å². The van der Waals surface area contributed by atoms with E-state index >= 15 is 0 Å². The summed E-state index contributed by atoms with van der Waals surface area (Å²) in [7, 11) is 0. The summed E-state index contributed by atoms with van der Waals surface area (Å²) in [4.78, 5) is 42.9. The van der Waals surface area contributed by atoms with Gasteiger partial charge < -0.3 is 20.9 Å². The van der Waals surface area contributed by atoms with E-state index in [1.807, 2.05) is 50.2 Å². The Morgan fingerprint density at radius 1 is 0.955 bits per heavy atom. The lowest BCUT2D eigenvalue weighted by Crippen LogP contribution is -2.59. The Hall–Kier alpha value is -3.04. The monoisotopic (exact) mass is 628 g/mol. The highest BCUT2D eigenvalue weighted by Gasteiger charge is 2.51. The molecule has 1 unspecified atom stereocenters. The van der Waals surface area contributed by atoms with E-state index in [-0.39, 0.29) is 48.9 Å². The Labute approximate surface area is 263 Å². The number of amides is 3. The second-order valence-electron chi connectivity index (χ2n) is 13.0. The summed E-state index contributed by atoms with van der Waals surface area (Å²) in [6.07, 6.45) is 1.77. The summed E-state index contributed by atoms with van der Waals surface area (Å²) in [6, 6.07) is 13.9. The van der Waals surface area contributed by atoms with Crippen LogP contribution in [0.1, 0.15) is 69.1 Å². The molecular formula is C34H43ClF2N4O3. The summed E-state index contributed by atoms with van der Waals surface area (Å²) in [5.74, 6) is -3.41. The van der Waals surface area contributed by atoms with Crippen molar-refractivity contribution in [2.24, 2.45) is 11.3 Å². The van der Waals surface area contributed by atoms with Crippen LogP contribution in [0.3, 0.4) is 0 Å². The third-order valence-electron chi connectivity index (χ3n) is 9.70. The minimum atomic E-state index is -2.69. The van der Waals surface area contributed by atoms with E-state index in [4.69, 9.17) is 11.6 Å². The number of nitrogens with zero attached hydrogens (tertiary/aromatic N) is 1. The lowest BCUT2D eigenvalue weighted by Gasteiger charge is -2.48. The van der Waals surface area contributed by atoms with Crippen LogP contribution in [0.25, 0.3) is 0 Å². The van der Waals surface area contributed by atoms with E-state index in [0.29, 0.717) is 56.8 Å². The number of likely N-dealkylation sites (tertiary alicyclic amines) is 1. The van der Waals surface area contributed by atoms with E-state index in [9.17, 15) is 23.2 Å². The number of halogens is 3. The summed E-state index contributed by atoms with van der Waals surface area (Å²) < 4.78 is 28.1. The molecule has 1 saturated carbocycles. The molecule has 2 heterocycles. The molecule has 3 N–H and O–H groups in total. The zero-order valence-corrected chi connectivity index (χ0v) is 26.3. The average Bonchev–Trinajstić information content (AvgIpc) is 3.01. The zero-order chi connectivity index (χ0) is 31.5. The predicted molar refractivity (Wildman–Crippen MR) is 166 cm³/mol. The molecule has 2 aromatic rings. The molecule has 10 heteroatoms. The topological polar surface area (TPSA) is 90.5 Å². The second-order valence-corrected chi connectivity index (χ2v) is 13.5. The fourth-order valence-electron chi connectivity index (χ4n) is 7.13. The number of piperidine rings is 1. The number of hydrogen-bond acceptors (Lipinski definition) is 4. The number of carbonyl (C=O) groups excluding carboxylic acids is 3. The van der Waals surface area contributed by atoms with Crippen molar-refractivity contribution in [2.75, 3.05) is 13.1 Å². The van der Waals surface area contributed by atoms with Crippen LogP contribution in [0.15, 0.2) is 48.5 Å². The molecule has 1 saturated heterocycles. The number of hydrogen-bond donors (Lipinski definition) is 3. The van der Waals surface area contributed by atoms with Gasteiger partial charge in [-0.25, -0.2) is 8.78 Å². The quantitative estimate of drug-likeness (QED) is 0.382. The number of benzene rings is 2. The van der Waals surface area contributed by atoms with Crippen LogP contribution in [0.4, 0.5) is 8.78 Å². The zero-order valence-electron chi connectivity index (χ0n) is 25.5. The maximum Gasteiger partial charge on any atom is 0.248 e. The summed E-state index contributed by atoms with van der Waals surface area (Å²) in [5.41, 5.74) is 2.33. The molecule has 238 valence electrons. The van der Waals surface area contributed by atoms with Crippen LogP contribution in [-0.2, 0) is 33.8 Å². The van der Waals surface area contributed by atoms with Crippen molar-refractivity contribution >= 4 is 29.3 Å². The van der Waals surface area contributed by atoms with Crippen LogP contribution >= 0.6 is 11.6 Å². The van der Waals surface area contributed by atoms with Crippen LogP contribution in [0, 0.1) is 11.3 Å². The standard InChI is InChI=1S/C34H43ClF2N4O3/c1-22(2)39-32(44)33(26-11-13-34(36,37)14-12-26)15-17-41(18-16-33)31(43)29(19-23-7-9-27(35)10-8-23)40-30(42)28-20-24-5-3-4-6-25(24)21-38-28/h3-10,22,26,28-29,38H,11-21H2,1-2H3,(H,39,44)(H,40,42)/t28?,29-/m1/s1. The van der Waals surface area contributed by atoms with Crippen molar-refractivity contribution in [1.82, 2.24) is 20.9 Å². The third-order valence-corrected chi connectivity index (χ3v) is 9.96. The Morgan fingerprint density at radius 3 is 2.23 bits per heavy atom. The van der Waals surface area contributed by atoms with Crippen molar-refractivity contribution in [1.29, 1.82) is 0 Å². The molecule has 2 aromatic carbocycles. The molecule has 0 bridgehead atoms. The van der Waals surface area contributed by atoms with Gasteiger partial charge in [-0.1, -0.05) is 48.0 Å². The van der Waals surface area contributed by atoms with Crippen molar-refractivity contribution in [3.63, 3.8) is 0 Å². The van der Waals surface area contributed by atoms with Gasteiger partial charge in [-0.15, -0.1) is 0 Å². The fourth-order valence-corrected chi connectivity index (χ4v) is 7.26. The normalized spacial score (nSPS) is 22.1. The van der Waals surface area contributed by atoms with Crippen LogP contribution in [0.5, 0.6) is 0 Å². The summed E-state index contributed by atoms with van der Waals surface area (Å²) >= 11 is 6.10. The number of rotatable bonds is 8. The minimum absolute atomic E-state index is 0.0802. The van der Waals surface area contributed by atoms with E-state index < -0.39 is 23.4 Å². The van der Waals surface area contributed by atoms with Gasteiger partial charge in [0, 0.05) is 50.0 Å². The van der Waals surface area contributed by atoms with Crippen LogP contribution < -0.4 is 16.0 Å². The number of nitrogens with one attached hydrogen (secondary N) is 3. The van der Waals surface area contributed by atoms with E-state index in [1.165, 1.54) is 0 Å². The second kappa shape index (κ2) is 13.5. The molecule has 3 amide bonds. The Bertz CT molecular complexity index is 1330. The molecule has 1 aliphatic carbocycles. The van der Waals surface area contributed by atoms with Crippen molar-refractivity contribution in [2.45, 2.75) is 95.8 Å². The highest BCUT2D eigenvalue weighted by molar-refractivity contribution is 6.30. The lowest BCUT2D eigenvalue weighted by atomic mass is 9.62. The largest absolute Gasteiger partial charge is 0.353 e. The minimum Gasteiger partial charge on any atom is -0.353 e. The van der Waals surface area contributed by atoms with Crippen molar-refractivity contribution < 1.29 is 23.2 Å². The fraction of sp³-hybridized carbons (Fsp3) is 0.559. The molecule has 3 aliphatic rings. The van der Waals surface area contributed by atoms with Gasteiger partial charge in [0.25, 0.3) is 0 Å². The van der Waals surface area contributed by atoms with Gasteiger partial charge >= 0.3 is 0 Å². The van der Waals surface area contributed by atoms with Crippen molar-refractivity contribution in [3.8, 4) is 0 Å². The molecule has 5 rings (SSSR count). The maximum absolute atomic E-state index is 14.1. The number of fused-ring (bicyclic) bond motifs is 1. The first-order chi connectivity index (χ1) is 21.0. The van der Waals surface area contributed by atoms with E-state index in [0.717, 1.165) is 16.7 Å². The molecule has 2 aliphatic heterocycles. The van der Waals surface area contributed by atoms with Gasteiger partial charge in [-0.05, 0) is 80.7 Å².